The second-order valence-electron chi connectivity index (χ2n) is 6.42. The van der Waals surface area contributed by atoms with Gasteiger partial charge in [0.1, 0.15) is 0 Å². The van der Waals surface area contributed by atoms with Gasteiger partial charge in [-0.2, -0.15) is 0 Å². The van der Waals surface area contributed by atoms with Crippen molar-refractivity contribution >= 4 is 0 Å². The number of rotatable bonds is 3. The summed E-state index contributed by atoms with van der Waals surface area (Å²) >= 11 is 0. The zero-order valence-corrected chi connectivity index (χ0v) is 12.2. The summed E-state index contributed by atoms with van der Waals surface area (Å²) < 4.78 is 11.9. The molecule has 2 saturated heterocycles. The van der Waals surface area contributed by atoms with Crippen LogP contribution in [0.25, 0.3) is 0 Å². The molecule has 0 radical (unpaired) electrons. The Morgan fingerprint density at radius 2 is 2.00 bits per heavy atom. The fourth-order valence-electron chi connectivity index (χ4n) is 3.74. The molecule has 0 aliphatic carbocycles. The first kappa shape index (κ1) is 14.3. The maximum Gasteiger partial charge on any atom is 0.0860 e. The van der Waals surface area contributed by atoms with Crippen molar-refractivity contribution in [2.75, 3.05) is 26.4 Å². The van der Waals surface area contributed by atoms with Crippen LogP contribution in [-0.2, 0) is 9.47 Å². The average Bonchev–Trinajstić information content (AvgIpc) is 2.55. The highest BCUT2D eigenvalue weighted by atomic mass is 16.5. The summed E-state index contributed by atoms with van der Waals surface area (Å²) in [6.07, 6.45) is 4.59. The van der Waals surface area contributed by atoms with E-state index in [2.05, 4.69) is 26.1 Å². The van der Waals surface area contributed by atoms with Crippen LogP contribution in [0.4, 0.5) is 0 Å². The highest BCUT2D eigenvalue weighted by Crippen LogP contribution is 2.36. The second-order valence-corrected chi connectivity index (χ2v) is 6.42. The average molecular weight is 255 g/mol. The van der Waals surface area contributed by atoms with E-state index in [0.717, 1.165) is 51.5 Å². The predicted octanol–water partition coefficient (Wildman–Crippen LogP) is 2.60. The zero-order chi connectivity index (χ0) is 13.0. The molecule has 0 aromatic carbocycles. The van der Waals surface area contributed by atoms with Crippen molar-refractivity contribution in [3.8, 4) is 0 Å². The Morgan fingerprint density at radius 1 is 1.17 bits per heavy atom. The van der Waals surface area contributed by atoms with Gasteiger partial charge in [0.05, 0.1) is 12.2 Å². The van der Waals surface area contributed by atoms with E-state index < -0.39 is 0 Å². The molecule has 2 fully saturated rings. The molecule has 0 aromatic rings. The van der Waals surface area contributed by atoms with E-state index in [4.69, 9.17) is 9.47 Å². The highest BCUT2D eigenvalue weighted by molar-refractivity contribution is 4.99. The minimum Gasteiger partial charge on any atom is -0.381 e. The largest absolute Gasteiger partial charge is 0.381 e. The summed E-state index contributed by atoms with van der Waals surface area (Å²) in [6, 6.07) is 0.496. The molecule has 106 valence electrons. The summed E-state index contributed by atoms with van der Waals surface area (Å²) in [5.74, 6) is 1.42. The molecule has 1 N–H and O–H groups in total. The van der Waals surface area contributed by atoms with Crippen LogP contribution in [0, 0.1) is 11.8 Å². The van der Waals surface area contributed by atoms with Gasteiger partial charge in [0.2, 0.25) is 0 Å². The molecule has 2 aliphatic heterocycles. The number of hydrogen-bond donors (Lipinski definition) is 1. The van der Waals surface area contributed by atoms with Crippen molar-refractivity contribution in [3.05, 3.63) is 0 Å². The van der Waals surface area contributed by atoms with Crippen molar-refractivity contribution < 1.29 is 9.47 Å². The lowest BCUT2D eigenvalue weighted by atomic mass is 9.76. The zero-order valence-electron chi connectivity index (χ0n) is 12.2. The van der Waals surface area contributed by atoms with Crippen molar-refractivity contribution in [2.24, 2.45) is 11.8 Å². The van der Waals surface area contributed by atoms with Crippen LogP contribution >= 0.6 is 0 Å². The van der Waals surface area contributed by atoms with E-state index in [0.29, 0.717) is 12.0 Å². The van der Waals surface area contributed by atoms with Crippen LogP contribution < -0.4 is 5.32 Å². The molecular weight excluding hydrogens is 226 g/mol. The number of nitrogens with one attached hydrogen (secondary N) is 1. The van der Waals surface area contributed by atoms with Gasteiger partial charge in [0, 0.05) is 32.2 Å². The van der Waals surface area contributed by atoms with E-state index in [1.807, 2.05) is 0 Å². The number of ether oxygens (including phenoxy) is 2. The topological polar surface area (TPSA) is 30.5 Å². The lowest BCUT2D eigenvalue weighted by Gasteiger charge is -2.47. The van der Waals surface area contributed by atoms with Gasteiger partial charge in [0.25, 0.3) is 0 Å². The van der Waals surface area contributed by atoms with Crippen molar-refractivity contribution in [1.29, 1.82) is 0 Å². The SMILES string of the molecule is CC(C)CC(C)C1NCCOC12CCCOCC2. The number of hydrogen-bond acceptors (Lipinski definition) is 3. The molecule has 3 heteroatoms. The highest BCUT2D eigenvalue weighted by Gasteiger charge is 2.44. The van der Waals surface area contributed by atoms with Crippen LogP contribution in [0.3, 0.4) is 0 Å². The van der Waals surface area contributed by atoms with Gasteiger partial charge in [-0.25, -0.2) is 0 Å². The van der Waals surface area contributed by atoms with Gasteiger partial charge in [-0.3, -0.25) is 0 Å². The summed E-state index contributed by atoms with van der Waals surface area (Å²) in [6.45, 7) is 10.6. The fourth-order valence-corrected chi connectivity index (χ4v) is 3.74. The van der Waals surface area contributed by atoms with Crippen LogP contribution in [0.5, 0.6) is 0 Å². The molecule has 18 heavy (non-hydrogen) atoms. The predicted molar refractivity (Wildman–Crippen MR) is 73.8 cm³/mol. The molecule has 0 amide bonds. The van der Waals surface area contributed by atoms with E-state index in [1.165, 1.54) is 6.42 Å². The quantitative estimate of drug-likeness (QED) is 0.841. The maximum absolute atomic E-state index is 6.26. The van der Waals surface area contributed by atoms with Crippen molar-refractivity contribution in [1.82, 2.24) is 5.32 Å². The molecule has 3 nitrogen and oxygen atoms in total. The minimum atomic E-state index is 0.0308. The Morgan fingerprint density at radius 3 is 2.78 bits per heavy atom. The van der Waals surface area contributed by atoms with Crippen LogP contribution in [0.1, 0.15) is 46.5 Å². The molecule has 3 unspecified atom stereocenters. The standard InChI is InChI=1S/C15H29NO2/c1-12(2)11-13(3)14-15(18-10-7-16-14)5-4-8-17-9-6-15/h12-14,16H,4-11H2,1-3H3. The molecule has 0 saturated carbocycles. The van der Waals surface area contributed by atoms with Gasteiger partial charge in [0.15, 0.2) is 0 Å². The van der Waals surface area contributed by atoms with E-state index >= 15 is 0 Å². The van der Waals surface area contributed by atoms with Gasteiger partial charge < -0.3 is 14.8 Å². The Labute approximate surface area is 112 Å². The lowest BCUT2D eigenvalue weighted by Crippen LogP contribution is -2.61. The summed E-state index contributed by atoms with van der Waals surface area (Å²) in [7, 11) is 0. The Hall–Kier alpha value is -0.120. The minimum absolute atomic E-state index is 0.0308. The third kappa shape index (κ3) is 3.25. The fraction of sp³-hybridized carbons (Fsp3) is 1.00. The smallest absolute Gasteiger partial charge is 0.0860 e. The maximum atomic E-state index is 6.26. The van der Waals surface area contributed by atoms with E-state index in [-0.39, 0.29) is 5.60 Å². The van der Waals surface area contributed by atoms with Gasteiger partial charge in [-0.15, -0.1) is 0 Å². The summed E-state index contributed by atoms with van der Waals surface area (Å²) in [5, 5.41) is 3.73. The van der Waals surface area contributed by atoms with Gasteiger partial charge >= 0.3 is 0 Å². The third-order valence-corrected chi connectivity index (χ3v) is 4.39. The molecule has 2 aliphatic rings. The van der Waals surface area contributed by atoms with Crippen LogP contribution in [-0.4, -0.2) is 38.0 Å². The lowest BCUT2D eigenvalue weighted by molar-refractivity contribution is -0.120. The molecule has 2 rings (SSSR count). The molecule has 0 aromatic heterocycles. The molecular formula is C15H29NO2. The van der Waals surface area contributed by atoms with Crippen LogP contribution in [0.2, 0.25) is 0 Å². The monoisotopic (exact) mass is 255 g/mol. The second kappa shape index (κ2) is 6.36. The first-order valence-corrected chi connectivity index (χ1v) is 7.59. The molecule has 0 bridgehead atoms. The third-order valence-electron chi connectivity index (χ3n) is 4.39. The number of morpholine rings is 1. The van der Waals surface area contributed by atoms with Gasteiger partial charge in [-0.05, 0) is 31.1 Å². The van der Waals surface area contributed by atoms with Crippen molar-refractivity contribution in [2.45, 2.75) is 58.1 Å². The Kier molecular flexibility index (Phi) is 5.05. The normalized spacial score (nSPS) is 35.7. The Balaban J connectivity index is 2.08. The van der Waals surface area contributed by atoms with E-state index in [9.17, 15) is 0 Å². The molecule has 3 atom stereocenters. The van der Waals surface area contributed by atoms with Crippen LogP contribution in [0.15, 0.2) is 0 Å². The van der Waals surface area contributed by atoms with E-state index in [1.54, 1.807) is 0 Å². The van der Waals surface area contributed by atoms with Gasteiger partial charge in [-0.1, -0.05) is 20.8 Å². The Bertz CT molecular complexity index is 247. The molecule has 2 heterocycles. The first-order chi connectivity index (χ1) is 8.64. The first-order valence-electron chi connectivity index (χ1n) is 7.59. The molecule has 1 spiro atoms. The van der Waals surface area contributed by atoms with Crippen molar-refractivity contribution in [3.63, 3.8) is 0 Å². The summed E-state index contributed by atoms with van der Waals surface area (Å²) in [4.78, 5) is 0. The summed E-state index contributed by atoms with van der Waals surface area (Å²) in [5.41, 5.74) is 0.0308.